The summed E-state index contributed by atoms with van der Waals surface area (Å²) in [6, 6.07) is 0. The number of hydrogen-bond acceptors (Lipinski definition) is 3. The molecule has 0 aliphatic rings. The number of aliphatic carboxylic acids is 1. The van der Waals surface area contributed by atoms with E-state index in [1.165, 1.54) is 0 Å². The Morgan fingerprint density at radius 2 is 1.95 bits per heavy atom. The van der Waals surface area contributed by atoms with Gasteiger partial charge in [0, 0.05) is 23.9 Å². The van der Waals surface area contributed by atoms with Gasteiger partial charge in [-0.1, -0.05) is 0 Å². The van der Waals surface area contributed by atoms with E-state index in [-0.39, 0.29) is 0 Å². The van der Waals surface area contributed by atoms with Crippen molar-refractivity contribution in [3.05, 3.63) is 28.6 Å². The maximum absolute atomic E-state index is 12.7. The van der Waals surface area contributed by atoms with Crippen LogP contribution in [0, 0.1) is 0 Å². The van der Waals surface area contributed by atoms with Crippen LogP contribution in [0.1, 0.15) is 28.8 Å². The first-order valence-corrected chi connectivity index (χ1v) is 4.96. The molecule has 0 aliphatic carbocycles. The van der Waals surface area contributed by atoms with Crippen molar-refractivity contribution in [3.8, 4) is 0 Å². The van der Waals surface area contributed by atoms with E-state index in [1.54, 1.807) is 0 Å². The molecule has 0 saturated heterocycles. The summed E-state index contributed by atoms with van der Waals surface area (Å²) < 4.78 is 63.2. The third kappa shape index (κ3) is 3.37. The van der Waals surface area contributed by atoms with Gasteiger partial charge in [0.25, 0.3) is 6.43 Å². The van der Waals surface area contributed by atoms with Gasteiger partial charge in [0.15, 0.2) is 0 Å². The van der Waals surface area contributed by atoms with Crippen LogP contribution in [0.2, 0.25) is 0 Å². The van der Waals surface area contributed by atoms with Crippen molar-refractivity contribution in [2.75, 3.05) is 0 Å². The third-order valence-electron chi connectivity index (χ3n) is 2.37. The van der Waals surface area contributed by atoms with E-state index < -0.39 is 53.9 Å². The molecule has 19 heavy (non-hydrogen) atoms. The fourth-order valence-electron chi connectivity index (χ4n) is 1.62. The van der Waals surface area contributed by atoms with Gasteiger partial charge in [-0.15, -0.1) is 0 Å². The first-order chi connectivity index (χ1) is 8.68. The molecule has 0 unspecified atom stereocenters. The topological polar surface area (TPSA) is 76.2 Å². The summed E-state index contributed by atoms with van der Waals surface area (Å²) >= 11 is 0. The zero-order valence-corrected chi connectivity index (χ0v) is 9.34. The van der Waals surface area contributed by atoms with E-state index in [0.717, 1.165) is 0 Å². The van der Waals surface area contributed by atoms with E-state index in [1.807, 2.05) is 0 Å². The molecule has 1 rings (SSSR count). The first-order valence-electron chi connectivity index (χ1n) is 4.96. The smallest absolute Gasteiger partial charge is 0.433 e. The standard InChI is InChI=1S/C10H9F5N2O2/c11-9(12)6-3-17-8(10(13,14)15)5(2-16)4(6)1-7(18)19/h3,9H,1-2,16H2,(H,18,19). The Morgan fingerprint density at radius 1 is 1.37 bits per heavy atom. The number of pyridine rings is 1. The molecule has 0 radical (unpaired) electrons. The Kier molecular flexibility index (Phi) is 4.40. The van der Waals surface area contributed by atoms with Gasteiger partial charge in [-0.25, -0.2) is 8.78 Å². The van der Waals surface area contributed by atoms with Crippen molar-refractivity contribution in [2.45, 2.75) is 25.6 Å². The molecule has 0 fully saturated rings. The van der Waals surface area contributed by atoms with Gasteiger partial charge in [-0.2, -0.15) is 13.2 Å². The number of carbonyl (C=O) groups is 1. The highest BCUT2D eigenvalue weighted by Gasteiger charge is 2.37. The van der Waals surface area contributed by atoms with Crippen molar-refractivity contribution in [2.24, 2.45) is 5.73 Å². The Balaban J connectivity index is 3.54. The Hall–Kier alpha value is -1.77. The number of aromatic nitrogens is 1. The molecule has 0 aromatic carbocycles. The van der Waals surface area contributed by atoms with Crippen molar-refractivity contribution < 1.29 is 31.9 Å². The summed E-state index contributed by atoms with van der Waals surface area (Å²) in [6.07, 6.45) is -8.65. The summed E-state index contributed by atoms with van der Waals surface area (Å²) in [5.74, 6) is -1.53. The summed E-state index contributed by atoms with van der Waals surface area (Å²) in [7, 11) is 0. The molecular weight excluding hydrogens is 275 g/mol. The highest BCUT2D eigenvalue weighted by Crippen LogP contribution is 2.35. The first kappa shape index (κ1) is 15.3. The Bertz CT molecular complexity index is 488. The van der Waals surface area contributed by atoms with Crippen molar-refractivity contribution >= 4 is 5.97 Å². The molecule has 3 N–H and O–H groups in total. The number of rotatable bonds is 4. The summed E-state index contributed by atoms with van der Waals surface area (Å²) in [5, 5.41) is 8.60. The highest BCUT2D eigenvalue weighted by molar-refractivity contribution is 5.71. The summed E-state index contributed by atoms with van der Waals surface area (Å²) in [6.45, 7) is -0.731. The van der Waals surface area contributed by atoms with Gasteiger partial charge in [0.1, 0.15) is 5.69 Å². The molecule has 0 saturated carbocycles. The van der Waals surface area contributed by atoms with Crippen LogP contribution in [0.25, 0.3) is 0 Å². The second kappa shape index (κ2) is 5.47. The quantitative estimate of drug-likeness (QED) is 0.830. The molecule has 0 atom stereocenters. The second-order valence-electron chi connectivity index (χ2n) is 3.59. The lowest BCUT2D eigenvalue weighted by atomic mass is 9.98. The van der Waals surface area contributed by atoms with Crippen LogP contribution in [0.4, 0.5) is 22.0 Å². The highest BCUT2D eigenvalue weighted by atomic mass is 19.4. The average molecular weight is 284 g/mol. The zero-order valence-electron chi connectivity index (χ0n) is 9.34. The average Bonchev–Trinajstić information content (AvgIpc) is 2.25. The maximum Gasteiger partial charge on any atom is 0.433 e. The van der Waals surface area contributed by atoms with Crippen LogP contribution >= 0.6 is 0 Å². The molecule has 0 aliphatic heterocycles. The monoisotopic (exact) mass is 284 g/mol. The van der Waals surface area contributed by atoms with Crippen molar-refractivity contribution in [3.63, 3.8) is 0 Å². The molecular formula is C10H9F5N2O2. The molecule has 1 aromatic rings. The molecule has 0 amide bonds. The lowest BCUT2D eigenvalue weighted by Crippen LogP contribution is -2.20. The van der Waals surface area contributed by atoms with E-state index in [2.05, 4.69) is 4.98 Å². The number of nitrogens with zero attached hydrogens (tertiary/aromatic N) is 1. The Morgan fingerprint density at radius 3 is 2.32 bits per heavy atom. The minimum atomic E-state index is -4.89. The van der Waals surface area contributed by atoms with Crippen LogP contribution in [0.3, 0.4) is 0 Å². The van der Waals surface area contributed by atoms with E-state index >= 15 is 0 Å². The van der Waals surface area contributed by atoms with Gasteiger partial charge in [-0.05, 0) is 5.56 Å². The maximum atomic E-state index is 12.7. The van der Waals surface area contributed by atoms with Crippen LogP contribution in [0.5, 0.6) is 0 Å². The lowest BCUT2D eigenvalue weighted by molar-refractivity contribution is -0.142. The zero-order chi connectivity index (χ0) is 14.8. The van der Waals surface area contributed by atoms with Crippen LogP contribution in [-0.2, 0) is 23.9 Å². The third-order valence-corrected chi connectivity index (χ3v) is 2.37. The van der Waals surface area contributed by atoms with E-state index in [0.29, 0.717) is 6.20 Å². The van der Waals surface area contributed by atoms with Crippen LogP contribution < -0.4 is 5.73 Å². The predicted octanol–water partition coefficient (Wildman–Crippen LogP) is 2.12. The minimum absolute atomic E-state index is 0.338. The Labute approximate surface area is 104 Å². The van der Waals surface area contributed by atoms with Crippen LogP contribution in [0.15, 0.2) is 6.20 Å². The number of alkyl halides is 5. The molecule has 1 heterocycles. The van der Waals surface area contributed by atoms with Gasteiger partial charge in [-0.3, -0.25) is 9.78 Å². The minimum Gasteiger partial charge on any atom is -0.481 e. The number of nitrogens with two attached hydrogens (primary N) is 1. The van der Waals surface area contributed by atoms with Crippen molar-refractivity contribution in [1.29, 1.82) is 0 Å². The van der Waals surface area contributed by atoms with E-state index in [4.69, 9.17) is 10.8 Å². The SMILES string of the molecule is NCc1c(C(F)(F)F)ncc(C(F)F)c1CC(=O)O. The second-order valence-corrected chi connectivity index (χ2v) is 3.59. The fourth-order valence-corrected chi connectivity index (χ4v) is 1.62. The molecule has 1 aromatic heterocycles. The summed E-state index contributed by atoms with van der Waals surface area (Å²) in [4.78, 5) is 13.5. The number of hydrogen-bond donors (Lipinski definition) is 2. The number of carboxylic acids is 1. The number of halogens is 5. The number of carboxylic acid groups (broad SMARTS) is 1. The van der Waals surface area contributed by atoms with Gasteiger partial charge < -0.3 is 10.8 Å². The van der Waals surface area contributed by atoms with Gasteiger partial charge >= 0.3 is 12.1 Å². The molecule has 106 valence electrons. The summed E-state index contributed by atoms with van der Waals surface area (Å²) in [5.41, 5.74) is 1.48. The lowest BCUT2D eigenvalue weighted by Gasteiger charge is -2.17. The van der Waals surface area contributed by atoms with Crippen molar-refractivity contribution in [1.82, 2.24) is 4.98 Å². The van der Waals surface area contributed by atoms with E-state index in [9.17, 15) is 26.7 Å². The van der Waals surface area contributed by atoms with Crippen LogP contribution in [-0.4, -0.2) is 16.1 Å². The normalized spacial score (nSPS) is 11.9. The molecule has 4 nitrogen and oxygen atoms in total. The molecule has 0 bridgehead atoms. The molecule has 9 heteroatoms. The fraction of sp³-hybridized carbons (Fsp3) is 0.400. The predicted molar refractivity (Wildman–Crippen MR) is 53.4 cm³/mol. The van der Waals surface area contributed by atoms with Gasteiger partial charge in [0.05, 0.1) is 6.42 Å². The van der Waals surface area contributed by atoms with Gasteiger partial charge in [0.2, 0.25) is 0 Å². The molecule has 0 spiro atoms. The largest absolute Gasteiger partial charge is 0.481 e.